The van der Waals surface area contributed by atoms with E-state index in [1.807, 2.05) is 7.11 Å². The second kappa shape index (κ2) is 12.5. The zero-order valence-electron chi connectivity index (χ0n) is 19.7. The number of hydrogen-bond acceptors (Lipinski definition) is 1. The SMILES string of the molecule is CCCc1cc[c]([Bi]([c]2ccc(CCC)cc2)[c]2ccc(CCC)cc2COC)cc1. The second-order valence-corrected chi connectivity index (χ2v) is 16.8. The number of ether oxygens (including phenoxy) is 1. The third-order valence-corrected chi connectivity index (χ3v) is 15.6. The van der Waals surface area contributed by atoms with Crippen molar-refractivity contribution in [2.45, 2.75) is 65.9 Å². The van der Waals surface area contributed by atoms with Crippen LogP contribution in [0.25, 0.3) is 0 Å². The molecule has 0 radical (unpaired) electrons. The van der Waals surface area contributed by atoms with Gasteiger partial charge in [0.1, 0.15) is 0 Å². The van der Waals surface area contributed by atoms with Gasteiger partial charge in [0.15, 0.2) is 0 Å². The number of hydrogen-bond donors (Lipinski definition) is 0. The molecule has 0 N–H and O–H groups in total. The number of aryl methyl sites for hydroxylation is 3. The zero-order valence-corrected chi connectivity index (χ0v) is 23.1. The predicted molar refractivity (Wildman–Crippen MR) is 137 cm³/mol. The summed E-state index contributed by atoms with van der Waals surface area (Å²) in [5, 5.41) is 0. The van der Waals surface area contributed by atoms with E-state index in [0.29, 0.717) is 6.61 Å². The fourth-order valence-electron chi connectivity index (χ4n) is 4.20. The van der Waals surface area contributed by atoms with Gasteiger partial charge in [-0.05, 0) is 0 Å². The molecule has 0 aromatic heterocycles. The van der Waals surface area contributed by atoms with Gasteiger partial charge >= 0.3 is 198 Å². The summed E-state index contributed by atoms with van der Waals surface area (Å²) in [4.78, 5) is 0. The van der Waals surface area contributed by atoms with Crippen LogP contribution in [0, 0.1) is 0 Å². The predicted octanol–water partition coefficient (Wildman–Crippen LogP) is 5.21. The summed E-state index contributed by atoms with van der Waals surface area (Å²) in [5.74, 6) is 0. The first kappa shape index (κ1) is 24.2. The van der Waals surface area contributed by atoms with Gasteiger partial charge in [0, 0.05) is 0 Å². The second-order valence-electron chi connectivity index (χ2n) is 8.31. The van der Waals surface area contributed by atoms with E-state index < -0.39 is 21.8 Å². The molecule has 0 aliphatic carbocycles. The van der Waals surface area contributed by atoms with Crippen LogP contribution < -0.4 is 9.81 Å². The van der Waals surface area contributed by atoms with Crippen LogP contribution in [0.2, 0.25) is 0 Å². The molecule has 3 rings (SSSR count). The Hall–Kier alpha value is -1.50. The van der Waals surface area contributed by atoms with Crippen molar-refractivity contribution in [3.05, 3.63) is 89.0 Å². The molecule has 2 heteroatoms. The van der Waals surface area contributed by atoms with Gasteiger partial charge < -0.3 is 0 Å². The van der Waals surface area contributed by atoms with E-state index in [1.54, 1.807) is 9.81 Å². The Morgan fingerprint density at radius 1 is 0.613 bits per heavy atom. The Labute approximate surface area is 197 Å². The van der Waals surface area contributed by atoms with Gasteiger partial charge in [0.05, 0.1) is 0 Å². The van der Waals surface area contributed by atoms with Crippen molar-refractivity contribution in [3.63, 3.8) is 0 Å². The molecule has 0 aliphatic heterocycles. The molecule has 3 aromatic rings. The van der Waals surface area contributed by atoms with Crippen LogP contribution >= 0.6 is 0 Å². The molecule has 0 atom stereocenters. The maximum absolute atomic E-state index is 5.66. The van der Waals surface area contributed by atoms with Crippen LogP contribution in [0.1, 0.15) is 62.3 Å². The average Bonchev–Trinajstić information content (AvgIpc) is 2.78. The van der Waals surface area contributed by atoms with Crippen LogP contribution in [0.5, 0.6) is 0 Å². The molecular weight excluding hydrogens is 573 g/mol. The first-order valence-electron chi connectivity index (χ1n) is 11.8. The summed E-state index contributed by atoms with van der Waals surface area (Å²) < 4.78 is 10.3. The van der Waals surface area contributed by atoms with Crippen LogP contribution in [-0.2, 0) is 30.6 Å². The van der Waals surface area contributed by atoms with E-state index >= 15 is 0 Å². The molecule has 0 amide bonds. The summed E-state index contributed by atoms with van der Waals surface area (Å²) in [6, 6.07) is 26.3. The summed E-state index contributed by atoms with van der Waals surface area (Å²) in [6.45, 7) is 7.45. The molecule has 0 fully saturated rings. The third kappa shape index (κ3) is 6.50. The first-order chi connectivity index (χ1) is 15.2. The summed E-state index contributed by atoms with van der Waals surface area (Å²) in [7, 11) is 1.82. The molecule has 0 saturated heterocycles. The molecule has 1 nitrogen and oxygen atoms in total. The van der Waals surface area contributed by atoms with E-state index in [1.165, 1.54) is 41.5 Å². The maximum atomic E-state index is 5.66. The number of benzene rings is 3. The monoisotopic (exact) mass is 610 g/mol. The van der Waals surface area contributed by atoms with Crippen LogP contribution in [0.15, 0.2) is 66.7 Å². The number of methoxy groups -OCH3 is 1. The van der Waals surface area contributed by atoms with Crippen molar-refractivity contribution in [1.29, 1.82) is 0 Å². The molecule has 0 heterocycles. The van der Waals surface area contributed by atoms with Crippen LogP contribution in [0.3, 0.4) is 0 Å². The summed E-state index contributed by atoms with van der Waals surface area (Å²) in [6.07, 6.45) is 7.02. The third-order valence-electron chi connectivity index (χ3n) is 5.69. The van der Waals surface area contributed by atoms with E-state index in [9.17, 15) is 0 Å². The van der Waals surface area contributed by atoms with Gasteiger partial charge in [0.25, 0.3) is 0 Å². The molecule has 3 aromatic carbocycles. The van der Waals surface area contributed by atoms with Crippen LogP contribution in [-0.4, -0.2) is 28.9 Å². The normalized spacial score (nSPS) is 11.3. The van der Waals surface area contributed by atoms with E-state index in [2.05, 4.69) is 87.5 Å². The minimum atomic E-state index is -2.42. The van der Waals surface area contributed by atoms with E-state index in [-0.39, 0.29) is 0 Å². The van der Waals surface area contributed by atoms with Gasteiger partial charge in [-0.25, -0.2) is 0 Å². The quantitative estimate of drug-likeness (QED) is 0.271. The van der Waals surface area contributed by atoms with Gasteiger partial charge in [-0.1, -0.05) is 0 Å². The Kier molecular flexibility index (Phi) is 9.75. The van der Waals surface area contributed by atoms with Crippen molar-refractivity contribution < 1.29 is 4.74 Å². The fourth-order valence-corrected chi connectivity index (χ4v) is 13.5. The van der Waals surface area contributed by atoms with Gasteiger partial charge in [-0.2, -0.15) is 0 Å². The fraction of sp³-hybridized carbons (Fsp3) is 0.379. The Morgan fingerprint density at radius 2 is 1.06 bits per heavy atom. The van der Waals surface area contributed by atoms with Crippen molar-refractivity contribution >= 4 is 31.6 Å². The molecule has 0 unspecified atom stereocenters. The van der Waals surface area contributed by atoms with Crippen molar-refractivity contribution in [2.75, 3.05) is 7.11 Å². The molecule has 0 aliphatic rings. The topological polar surface area (TPSA) is 9.23 Å². The van der Waals surface area contributed by atoms with Gasteiger partial charge in [0.2, 0.25) is 0 Å². The molecule has 164 valence electrons. The van der Waals surface area contributed by atoms with Crippen molar-refractivity contribution in [1.82, 2.24) is 0 Å². The zero-order chi connectivity index (χ0) is 22.1. The summed E-state index contributed by atoms with van der Waals surface area (Å²) in [5.41, 5.74) is 5.72. The Bertz CT molecular complexity index is 878. The number of rotatable bonds is 11. The molecular formula is C29H37BiO. The Balaban J connectivity index is 2.09. The van der Waals surface area contributed by atoms with E-state index in [4.69, 9.17) is 4.74 Å². The van der Waals surface area contributed by atoms with Gasteiger partial charge in [-0.15, -0.1) is 0 Å². The standard InChI is InChI=1S/C11H15O.2C9H11.Bi/c1-3-5-10-6-4-7-11(8-10)9-12-2;2*1-2-6-9-7-4-3-5-8-9;/h4,6,8H,3,5,9H2,1-2H3;2*4-5,7-8H,2,6H2,1H3;. The van der Waals surface area contributed by atoms with E-state index in [0.717, 1.165) is 19.3 Å². The molecule has 31 heavy (non-hydrogen) atoms. The van der Waals surface area contributed by atoms with Gasteiger partial charge in [-0.3, -0.25) is 0 Å². The minimum absolute atomic E-state index is 0.695. The van der Waals surface area contributed by atoms with Crippen LogP contribution in [0.4, 0.5) is 0 Å². The molecule has 0 bridgehead atoms. The Morgan fingerprint density at radius 3 is 1.52 bits per heavy atom. The first-order valence-corrected chi connectivity index (χ1v) is 17.0. The average molecular weight is 611 g/mol. The van der Waals surface area contributed by atoms with Crippen molar-refractivity contribution in [3.8, 4) is 0 Å². The van der Waals surface area contributed by atoms with Crippen molar-refractivity contribution in [2.24, 2.45) is 0 Å². The summed E-state index contributed by atoms with van der Waals surface area (Å²) >= 11 is -2.42. The molecule has 0 saturated carbocycles. The molecule has 0 spiro atoms.